The molecule has 5 nitrogen and oxygen atoms in total. The fraction of sp³-hybridized carbons (Fsp3) is 0.440. The summed E-state index contributed by atoms with van der Waals surface area (Å²) in [6.45, 7) is 6.54. The Kier molecular flexibility index (Phi) is 10.7. The largest absolute Gasteiger partial charge is 0.483 e. The number of ether oxygens (including phenoxy) is 1. The number of benzene rings is 2. The standard InChI is InChI=1S/C25H32BrFN2O3/c1-4-7-14-28-25(31)22(6-3)29(16-19-8-11-20(27)12-9-19)24(30)17-32-23-13-10-18(5-2)15-21(23)26/h8-13,15,22H,4-7,14,16-17H2,1-3H3,(H,28,31). The molecule has 0 radical (unpaired) electrons. The van der Waals surface area contributed by atoms with Crippen molar-refractivity contribution in [2.75, 3.05) is 13.2 Å². The molecule has 174 valence electrons. The average Bonchev–Trinajstić information content (AvgIpc) is 2.79. The molecule has 0 saturated heterocycles. The number of aryl methyl sites for hydroxylation is 1. The zero-order chi connectivity index (χ0) is 23.5. The first-order chi connectivity index (χ1) is 15.4. The van der Waals surface area contributed by atoms with E-state index in [0.717, 1.165) is 34.9 Å². The van der Waals surface area contributed by atoms with Gasteiger partial charge in [0.2, 0.25) is 5.91 Å². The van der Waals surface area contributed by atoms with E-state index < -0.39 is 6.04 Å². The van der Waals surface area contributed by atoms with Gasteiger partial charge in [0.1, 0.15) is 17.6 Å². The lowest BCUT2D eigenvalue weighted by molar-refractivity contribution is -0.143. The van der Waals surface area contributed by atoms with Crippen molar-refractivity contribution in [2.45, 2.75) is 59.0 Å². The third-order valence-corrected chi connectivity index (χ3v) is 5.86. The monoisotopic (exact) mass is 506 g/mol. The van der Waals surface area contributed by atoms with Crippen LogP contribution < -0.4 is 10.1 Å². The Morgan fingerprint density at radius 3 is 2.38 bits per heavy atom. The molecule has 2 amide bonds. The fourth-order valence-electron chi connectivity index (χ4n) is 3.32. The number of halogens is 2. The smallest absolute Gasteiger partial charge is 0.261 e. The molecule has 7 heteroatoms. The van der Waals surface area contributed by atoms with E-state index in [0.29, 0.717) is 18.7 Å². The maximum atomic E-state index is 13.3. The number of nitrogens with zero attached hydrogens (tertiary/aromatic N) is 1. The molecule has 0 aliphatic carbocycles. The lowest BCUT2D eigenvalue weighted by atomic mass is 10.1. The number of carbonyl (C=O) groups is 2. The van der Waals surface area contributed by atoms with Gasteiger partial charge < -0.3 is 15.0 Å². The Morgan fingerprint density at radius 1 is 1.09 bits per heavy atom. The Morgan fingerprint density at radius 2 is 1.78 bits per heavy atom. The number of rotatable bonds is 12. The van der Waals surface area contributed by atoms with Gasteiger partial charge in [0.05, 0.1) is 4.47 Å². The van der Waals surface area contributed by atoms with E-state index >= 15 is 0 Å². The molecular weight excluding hydrogens is 475 g/mol. The van der Waals surface area contributed by atoms with Gasteiger partial charge in [0.15, 0.2) is 6.61 Å². The highest BCUT2D eigenvalue weighted by Crippen LogP contribution is 2.26. The molecule has 0 fully saturated rings. The second-order valence-corrected chi connectivity index (χ2v) is 8.48. The predicted molar refractivity (Wildman–Crippen MR) is 128 cm³/mol. The summed E-state index contributed by atoms with van der Waals surface area (Å²) in [4.78, 5) is 27.5. The van der Waals surface area contributed by atoms with Crippen LogP contribution in [0.3, 0.4) is 0 Å². The Labute approximate surface area is 198 Å². The average molecular weight is 507 g/mol. The maximum Gasteiger partial charge on any atom is 0.261 e. The minimum absolute atomic E-state index is 0.190. The first-order valence-corrected chi connectivity index (χ1v) is 11.9. The van der Waals surface area contributed by atoms with Crippen molar-refractivity contribution in [2.24, 2.45) is 0 Å². The van der Waals surface area contributed by atoms with Crippen molar-refractivity contribution in [3.8, 4) is 5.75 Å². The van der Waals surface area contributed by atoms with Crippen LogP contribution in [0, 0.1) is 5.82 Å². The lowest BCUT2D eigenvalue weighted by Crippen LogP contribution is -2.50. The van der Waals surface area contributed by atoms with Crippen molar-refractivity contribution in [1.82, 2.24) is 10.2 Å². The second kappa shape index (κ2) is 13.2. The molecule has 2 rings (SSSR count). The molecule has 0 aliphatic rings. The molecule has 1 atom stereocenters. The topological polar surface area (TPSA) is 58.6 Å². The van der Waals surface area contributed by atoms with Gasteiger partial charge in [-0.05, 0) is 70.6 Å². The van der Waals surface area contributed by atoms with Crippen LogP contribution in [0.25, 0.3) is 0 Å². The highest BCUT2D eigenvalue weighted by Gasteiger charge is 2.29. The van der Waals surface area contributed by atoms with E-state index in [9.17, 15) is 14.0 Å². The van der Waals surface area contributed by atoms with Crippen LogP contribution in [0.5, 0.6) is 5.75 Å². The minimum Gasteiger partial charge on any atom is -0.483 e. The highest BCUT2D eigenvalue weighted by atomic mass is 79.9. The summed E-state index contributed by atoms with van der Waals surface area (Å²) >= 11 is 3.49. The Bertz CT molecular complexity index is 889. The van der Waals surface area contributed by atoms with Crippen molar-refractivity contribution in [3.63, 3.8) is 0 Å². The van der Waals surface area contributed by atoms with Crippen LogP contribution in [0.1, 0.15) is 51.2 Å². The summed E-state index contributed by atoms with van der Waals surface area (Å²) in [5.41, 5.74) is 1.90. The second-order valence-electron chi connectivity index (χ2n) is 7.62. The number of carbonyl (C=O) groups excluding carboxylic acids is 2. The van der Waals surface area contributed by atoms with E-state index in [2.05, 4.69) is 35.1 Å². The number of hydrogen-bond acceptors (Lipinski definition) is 3. The van der Waals surface area contributed by atoms with E-state index in [4.69, 9.17) is 4.74 Å². The molecule has 1 unspecified atom stereocenters. The van der Waals surface area contributed by atoms with Crippen LogP contribution in [-0.4, -0.2) is 35.9 Å². The molecule has 32 heavy (non-hydrogen) atoms. The van der Waals surface area contributed by atoms with Gasteiger partial charge in [0, 0.05) is 13.1 Å². The third kappa shape index (κ3) is 7.62. The molecule has 2 aromatic rings. The quantitative estimate of drug-likeness (QED) is 0.399. The Balaban J connectivity index is 2.18. The van der Waals surface area contributed by atoms with Crippen molar-refractivity contribution in [3.05, 3.63) is 63.9 Å². The maximum absolute atomic E-state index is 13.3. The van der Waals surface area contributed by atoms with E-state index in [-0.39, 0.29) is 30.8 Å². The van der Waals surface area contributed by atoms with E-state index in [1.54, 1.807) is 12.1 Å². The molecule has 0 aliphatic heterocycles. The molecule has 0 bridgehead atoms. The minimum atomic E-state index is -0.640. The number of hydrogen-bond donors (Lipinski definition) is 1. The molecule has 2 aromatic carbocycles. The van der Waals surface area contributed by atoms with Crippen LogP contribution in [-0.2, 0) is 22.6 Å². The van der Waals surface area contributed by atoms with E-state index in [1.807, 2.05) is 25.1 Å². The van der Waals surface area contributed by atoms with Gasteiger partial charge >= 0.3 is 0 Å². The third-order valence-electron chi connectivity index (χ3n) is 5.24. The van der Waals surface area contributed by atoms with Crippen LogP contribution in [0.15, 0.2) is 46.9 Å². The van der Waals surface area contributed by atoms with Crippen molar-refractivity contribution >= 4 is 27.7 Å². The van der Waals surface area contributed by atoms with Crippen molar-refractivity contribution < 1.29 is 18.7 Å². The predicted octanol–water partition coefficient (Wildman–Crippen LogP) is 5.25. The number of unbranched alkanes of at least 4 members (excludes halogenated alkanes) is 1. The Hall–Kier alpha value is -2.41. The molecule has 0 heterocycles. The van der Waals surface area contributed by atoms with Crippen molar-refractivity contribution in [1.29, 1.82) is 0 Å². The van der Waals surface area contributed by atoms with Gasteiger partial charge in [-0.1, -0.05) is 45.4 Å². The van der Waals surface area contributed by atoms with Gasteiger partial charge in [-0.15, -0.1) is 0 Å². The number of nitrogens with one attached hydrogen (secondary N) is 1. The summed E-state index contributed by atoms with van der Waals surface area (Å²) in [6.07, 6.45) is 3.20. The number of amides is 2. The molecular formula is C25H32BrFN2O3. The summed E-state index contributed by atoms with van der Waals surface area (Å²) in [7, 11) is 0. The van der Waals surface area contributed by atoms with Gasteiger partial charge in [-0.3, -0.25) is 9.59 Å². The van der Waals surface area contributed by atoms with Crippen LogP contribution in [0.2, 0.25) is 0 Å². The van der Waals surface area contributed by atoms with Crippen LogP contribution >= 0.6 is 15.9 Å². The first kappa shape index (κ1) is 25.8. The summed E-state index contributed by atoms with van der Waals surface area (Å²) in [6, 6.07) is 11.1. The molecule has 0 saturated carbocycles. The summed E-state index contributed by atoms with van der Waals surface area (Å²) in [5.74, 6) is -0.277. The summed E-state index contributed by atoms with van der Waals surface area (Å²) in [5, 5.41) is 2.92. The lowest BCUT2D eigenvalue weighted by Gasteiger charge is -2.30. The molecule has 1 N–H and O–H groups in total. The zero-order valence-corrected chi connectivity index (χ0v) is 20.6. The van der Waals surface area contributed by atoms with Gasteiger partial charge in [0.25, 0.3) is 5.91 Å². The van der Waals surface area contributed by atoms with Crippen LogP contribution in [0.4, 0.5) is 4.39 Å². The first-order valence-electron chi connectivity index (χ1n) is 11.1. The molecule has 0 aromatic heterocycles. The van der Waals surface area contributed by atoms with Gasteiger partial charge in [-0.2, -0.15) is 0 Å². The SMILES string of the molecule is CCCCNC(=O)C(CC)N(Cc1ccc(F)cc1)C(=O)COc1ccc(CC)cc1Br. The normalized spacial score (nSPS) is 11.7. The van der Waals surface area contributed by atoms with Gasteiger partial charge in [-0.25, -0.2) is 4.39 Å². The zero-order valence-electron chi connectivity index (χ0n) is 19.0. The fourth-order valence-corrected chi connectivity index (χ4v) is 3.86. The highest BCUT2D eigenvalue weighted by molar-refractivity contribution is 9.10. The van der Waals surface area contributed by atoms with E-state index in [1.165, 1.54) is 17.0 Å². The summed E-state index contributed by atoms with van der Waals surface area (Å²) < 4.78 is 19.9. The molecule has 0 spiro atoms.